The standard InChI is InChI=1S/C14H16N2O4/c17-13-7-11(8-13)9-15-14(18)5-4-10-2-1-3-12(6-10)16(19)20/h1-6,11,13,17H,7-9H2,(H,15,18). The zero-order valence-electron chi connectivity index (χ0n) is 10.9. The summed E-state index contributed by atoms with van der Waals surface area (Å²) < 4.78 is 0. The van der Waals surface area contributed by atoms with Crippen molar-refractivity contribution in [2.45, 2.75) is 18.9 Å². The molecule has 0 heterocycles. The van der Waals surface area contributed by atoms with E-state index < -0.39 is 4.92 Å². The maximum atomic E-state index is 11.6. The quantitative estimate of drug-likeness (QED) is 0.484. The summed E-state index contributed by atoms with van der Waals surface area (Å²) in [4.78, 5) is 21.7. The Morgan fingerprint density at radius 1 is 1.50 bits per heavy atom. The predicted molar refractivity (Wildman–Crippen MR) is 73.9 cm³/mol. The first-order chi connectivity index (χ1) is 9.54. The van der Waals surface area contributed by atoms with Gasteiger partial charge in [-0.15, -0.1) is 0 Å². The van der Waals surface area contributed by atoms with Gasteiger partial charge in [-0.05, 0) is 30.4 Å². The molecule has 0 aliphatic heterocycles. The number of non-ortho nitro benzene ring substituents is 1. The van der Waals surface area contributed by atoms with Crippen molar-refractivity contribution in [2.24, 2.45) is 5.92 Å². The van der Waals surface area contributed by atoms with Gasteiger partial charge in [0.15, 0.2) is 0 Å². The summed E-state index contributed by atoms with van der Waals surface area (Å²) in [6.45, 7) is 0.551. The number of carbonyl (C=O) groups is 1. The van der Waals surface area contributed by atoms with Gasteiger partial charge in [0.25, 0.3) is 5.69 Å². The van der Waals surface area contributed by atoms with E-state index >= 15 is 0 Å². The molecule has 1 aromatic carbocycles. The number of aliphatic hydroxyl groups excluding tert-OH is 1. The Hall–Kier alpha value is -2.21. The molecule has 6 nitrogen and oxygen atoms in total. The summed E-state index contributed by atoms with van der Waals surface area (Å²) in [6, 6.07) is 6.08. The van der Waals surface area contributed by atoms with Crippen molar-refractivity contribution in [3.8, 4) is 0 Å². The molecule has 0 spiro atoms. The van der Waals surface area contributed by atoms with Gasteiger partial charge in [0, 0.05) is 24.8 Å². The van der Waals surface area contributed by atoms with Crippen molar-refractivity contribution in [1.82, 2.24) is 5.32 Å². The third-order valence-corrected chi connectivity index (χ3v) is 3.28. The molecule has 0 atom stereocenters. The lowest BCUT2D eigenvalue weighted by atomic mass is 9.82. The van der Waals surface area contributed by atoms with E-state index in [1.807, 2.05) is 0 Å². The number of hydrogen-bond acceptors (Lipinski definition) is 4. The van der Waals surface area contributed by atoms with Crippen LogP contribution in [0.2, 0.25) is 0 Å². The summed E-state index contributed by atoms with van der Waals surface area (Å²) >= 11 is 0. The molecule has 2 N–H and O–H groups in total. The van der Waals surface area contributed by atoms with Gasteiger partial charge in [0.1, 0.15) is 0 Å². The third kappa shape index (κ3) is 3.89. The number of amides is 1. The third-order valence-electron chi connectivity index (χ3n) is 3.28. The normalized spacial score (nSPS) is 21.4. The van der Waals surface area contributed by atoms with Crippen LogP contribution in [-0.4, -0.2) is 28.6 Å². The number of rotatable bonds is 5. The molecule has 20 heavy (non-hydrogen) atoms. The molecule has 0 radical (unpaired) electrons. The van der Waals surface area contributed by atoms with Crippen molar-refractivity contribution in [3.05, 3.63) is 46.0 Å². The largest absolute Gasteiger partial charge is 0.393 e. The zero-order valence-corrected chi connectivity index (χ0v) is 10.9. The van der Waals surface area contributed by atoms with Crippen molar-refractivity contribution in [3.63, 3.8) is 0 Å². The first kappa shape index (κ1) is 14.2. The van der Waals surface area contributed by atoms with Crippen molar-refractivity contribution in [2.75, 3.05) is 6.54 Å². The van der Waals surface area contributed by atoms with Crippen molar-refractivity contribution >= 4 is 17.7 Å². The number of nitro groups is 1. The van der Waals surface area contributed by atoms with Crippen LogP contribution in [0.25, 0.3) is 6.08 Å². The van der Waals surface area contributed by atoms with Gasteiger partial charge in [0.05, 0.1) is 11.0 Å². The molecule has 1 amide bonds. The highest BCUT2D eigenvalue weighted by Crippen LogP contribution is 2.26. The number of nitrogens with zero attached hydrogens (tertiary/aromatic N) is 1. The lowest BCUT2D eigenvalue weighted by Gasteiger charge is -2.31. The van der Waals surface area contributed by atoms with Crippen LogP contribution in [0.3, 0.4) is 0 Å². The Morgan fingerprint density at radius 2 is 2.25 bits per heavy atom. The summed E-state index contributed by atoms with van der Waals surface area (Å²) in [6.07, 6.45) is 4.13. The molecule has 0 bridgehead atoms. The average Bonchev–Trinajstić information content (AvgIpc) is 2.40. The first-order valence-electron chi connectivity index (χ1n) is 6.43. The molecule has 1 saturated carbocycles. The molecule has 0 unspecified atom stereocenters. The maximum Gasteiger partial charge on any atom is 0.270 e. The molecule has 0 saturated heterocycles. The molecule has 1 aliphatic carbocycles. The lowest BCUT2D eigenvalue weighted by Crippen LogP contribution is -2.37. The van der Waals surface area contributed by atoms with Gasteiger partial charge < -0.3 is 10.4 Å². The number of carbonyl (C=O) groups excluding carboxylic acids is 1. The summed E-state index contributed by atoms with van der Waals surface area (Å²) in [5, 5.41) is 22.5. The fourth-order valence-corrected chi connectivity index (χ4v) is 2.08. The summed E-state index contributed by atoms with van der Waals surface area (Å²) in [5.41, 5.74) is 0.601. The minimum Gasteiger partial charge on any atom is -0.393 e. The highest BCUT2D eigenvalue weighted by atomic mass is 16.6. The number of benzene rings is 1. The number of aliphatic hydroxyl groups is 1. The van der Waals surface area contributed by atoms with Crippen LogP contribution in [0.15, 0.2) is 30.3 Å². The fraction of sp³-hybridized carbons (Fsp3) is 0.357. The Kier molecular flexibility index (Phi) is 4.47. The smallest absolute Gasteiger partial charge is 0.270 e. The molecule has 1 aliphatic rings. The monoisotopic (exact) mass is 276 g/mol. The van der Waals surface area contributed by atoms with Gasteiger partial charge in [-0.2, -0.15) is 0 Å². The van der Waals surface area contributed by atoms with Crippen LogP contribution in [-0.2, 0) is 4.79 Å². The molecule has 1 aromatic rings. The highest BCUT2D eigenvalue weighted by molar-refractivity contribution is 5.91. The second-order valence-corrected chi connectivity index (χ2v) is 4.92. The van der Waals surface area contributed by atoms with Crippen LogP contribution >= 0.6 is 0 Å². The van der Waals surface area contributed by atoms with E-state index in [2.05, 4.69) is 5.32 Å². The lowest BCUT2D eigenvalue weighted by molar-refractivity contribution is -0.384. The van der Waals surface area contributed by atoms with Crippen LogP contribution in [0.1, 0.15) is 18.4 Å². The predicted octanol–water partition coefficient (Wildman–Crippen LogP) is 1.50. The Bertz CT molecular complexity index is 536. The summed E-state index contributed by atoms with van der Waals surface area (Å²) in [7, 11) is 0. The Labute approximate surface area is 116 Å². The van der Waals surface area contributed by atoms with E-state index in [1.165, 1.54) is 24.3 Å². The number of nitrogens with one attached hydrogen (secondary N) is 1. The van der Waals surface area contributed by atoms with Crippen LogP contribution in [0, 0.1) is 16.0 Å². The highest BCUT2D eigenvalue weighted by Gasteiger charge is 2.26. The second-order valence-electron chi connectivity index (χ2n) is 4.92. The van der Waals surface area contributed by atoms with Gasteiger partial charge in [0.2, 0.25) is 5.91 Å². The zero-order chi connectivity index (χ0) is 14.5. The summed E-state index contributed by atoms with van der Waals surface area (Å²) in [5.74, 6) is 0.109. The van der Waals surface area contributed by atoms with E-state index in [9.17, 15) is 14.9 Å². The topological polar surface area (TPSA) is 92.5 Å². The van der Waals surface area contributed by atoms with E-state index in [-0.39, 0.29) is 17.7 Å². The van der Waals surface area contributed by atoms with Crippen molar-refractivity contribution in [1.29, 1.82) is 0 Å². The average molecular weight is 276 g/mol. The maximum absolute atomic E-state index is 11.6. The van der Waals surface area contributed by atoms with E-state index in [1.54, 1.807) is 12.1 Å². The van der Waals surface area contributed by atoms with Gasteiger partial charge in [-0.1, -0.05) is 12.1 Å². The minimum atomic E-state index is -0.473. The SMILES string of the molecule is O=C(C=Cc1cccc([N+](=O)[O-])c1)NCC1CC(O)C1. The van der Waals surface area contributed by atoms with E-state index in [0.29, 0.717) is 18.0 Å². The van der Waals surface area contributed by atoms with Crippen LogP contribution in [0.4, 0.5) is 5.69 Å². The molecular formula is C14H16N2O4. The molecule has 2 rings (SSSR count). The minimum absolute atomic E-state index is 0.00369. The van der Waals surface area contributed by atoms with Crippen molar-refractivity contribution < 1.29 is 14.8 Å². The molecule has 6 heteroatoms. The van der Waals surface area contributed by atoms with Crippen LogP contribution < -0.4 is 5.32 Å². The van der Waals surface area contributed by atoms with E-state index in [0.717, 1.165) is 12.8 Å². The second kappa shape index (κ2) is 6.29. The van der Waals surface area contributed by atoms with Gasteiger partial charge in [-0.3, -0.25) is 14.9 Å². The van der Waals surface area contributed by atoms with E-state index in [4.69, 9.17) is 5.11 Å². The fourth-order valence-electron chi connectivity index (χ4n) is 2.08. The van der Waals surface area contributed by atoms with Gasteiger partial charge >= 0.3 is 0 Å². The molecule has 1 fully saturated rings. The first-order valence-corrected chi connectivity index (χ1v) is 6.43. The van der Waals surface area contributed by atoms with Crippen LogP contribution in [0.5, 0.6) is 0 Å². The Balaban J connectivity index is 1.83. The molecule has 0 aromatic heterocycles. The Morgan fingerprint density at radius 3 is 2.90 bits per heavy atom. The molecule has 106 valence electrons. The van der Waals surface area contributed by atoms with Gasteiger partial charge in [-0.25, -0.2) is 0 Å². The molecular weight excluding hydrogens is 260 g/mol. The number of hydrogen-bond donors (Lipinski definition) is 2. The number of nitro benzene ring substituents is 1.